The van der Waals surface area contributed by atoms with E-state index in [4.69, 9.17) is 15.6 Å². The average molecular weight is 275 g/mol. The smallest absolute Gasteiger partial charge is 0.303 e. The minimum absolute atomic E-state index is 0.0500. The van der Waals surface area contributed by atoms with Crippen molar-refractivity contribution in [2.75, 3.05) is 0 Å². The van der Waals surface area contributed by atoms with E-state index in [9.17, 15) is 13.6 Å². The second-order valence-corrected chi connectivity index (χ2v) is 4.64. The standard InChI is InChI=1S/C13H19F2NO3/c1-8(2)6-9(4-5-11(18)19)12(16)10(7-17)13(3,14)15/h7,9,16-17H,1,4-6H2,2-3H3,(H,18,19)/b10-7+,16-12?/t9-/m0/s1. The van der Waals surface area contributed by atoms with Crippen LogP contribution in [0.5, 0.6) is 0 Å². The topological polar surface area (TPSA) is 81.4 Å². The Morgan fingerprint density at radius 1 is 1.53 bits per heavy atom. The van der Waals surface area contributed by atoms with E-state index in [1.54, 1.807) is 6.92 Å². The molecule has 108 valence electrons. The number of halogens is 2. The first-order valence-electron chi connectivity index (χ1n) is 5.77. The van der Waals surface area contributed by atoms with Gasteiger partial charge in [-0.1, -0.05) is 5.57 Å². The quantitative estimate of drug-likeness (QED) is 0.360. The van der Waals surface area contributed by atoms with E-state index in [2.05, 4.69) is 6.58 Å². The SMILES string of the molecule is C=C(C)C[C@H](CCC(=O)O)C(=N)/C(=C\O)C(C)(F)F. The third-order valence-electron chi connectivity index (χ3n) is 2.60. The van der Waals surface area contributed by atoms with Gasteiger partial charge >= 0.3 is 5.97 Å². The Kier molecular flexibility index (Phi) is 6.38. The number of allylic oxidation sites excluding steroid dienone is 2. The summed E-state index contributed by atoms with van der Waals surface area (Å²) in [6, 6.07) is 0. The molecule has 1 atom stereocenters. The molecule has 0 aliphatic carbocycles. The Morgan fingerprint density at radius 2 is 2.05 bits per heavy atom. The van der Waals surface area contributed by atoms with E-state index >= 15 is 0 Å². The van der Waals surface area contributed by atoms with Crippen LogP contribution in [0, 0.1) is 11.3 Å². The zero-order valence-corrected chi connectivity index (χ0v) is 11.0. The Balaban J connectivity index is 5.08. The van der Waals surface area contributed by atoms with Crippen LogP contribution in [-0.4, -0.2) is 27.8 Å². The lowest BCUT2D eigenvalue weighted by molar-refractivity contribution is -0.137. The lowest BCUT2D eigenvalue weighted by Crippen LogP contribution is -2.27. The van der Waals surface area contributed by atoms with Gasteiger partial charge in [0, 0.05) is 25.0 Å². The normalized spacial score (nSPS) is 14.0. The molecule has 0 aromatic carbocycles. The molecule has 0 bridgehead atoms. The van der Waals surface area contributed by atoms with Crippen molar-refractivity contribution in [1.82, 2.24) is 0 Å². The number of nitrogens with one attached hydrogen (secondary N) is 1. The van der Waals surface area contributed by atoms with Crippen molar-refractivity contribution < 1.29 is 23.8 Å². The number of hydrogen-bond acceptors (Lipinski definition) is 3. The molecule has 0 aromatic heterocycles. The van der Waals surface area contributed by atoms with Crippen LogP contribution in [0.15, 0.2) is 24.0 Å². The van der Waals surface area contributed by atoms with Gasteiger partial charge in [0.1, 0.15) is 0 Å². The summed E-state index contributed by atoms with van der Waals surface area (Å²) in [5.41, 5.74) is -0.569. The molecular formula is C13H19F2NO3. The number of alkyl halides is 2. The van der Waals surface area contributed by atoms with E-state index in [0.29, 0.717) is 12.5 Å². The van der Waals surface area contributed by atoms with E-state index in [0.717, 1.165) is 0 Å². The molecule has 0 radical (unpaired) electrons. The van der Waals surface area contributed by atoms with Gasteiger partial charge in [-0.15, -0.1) is 6.58 Å². The fraction of sp³-hybridized carbons (Fsp3) is 0.538. The van der Waals surface area contributed by atoms with Crippen LogP contribution in [0.25, 0.3) is 0 Å². The van der Waals surface area contributed by atoms with Crippen molar-refractivity contribution in [2.24, 2.45) is 5.92 Å². The van der Waals surface area contributed by atoms with Crippen LogP contribution >= 0.6 is 0 Å². The molecule has 19 heavy (non-hydrogen) atoms. The highest BCUT2D eigenvalue weighted by molar-refractivity contribution is 6.00. The van der Waals surface area contributed by atoms with E-state index in [1.807, 2.05) is 0 Å². The minimum Gasteiger partial charge on any atom is -0.515 e. The van der Waals surface area contributed by atoms with Crippen molar-refractivity contribution >= 4 is 11.7 Å². The zero-order valence-electron chi connectivity index (χ0n) is 11.0. The van der Waals surface area contributed by atoms with Crippen molar-refractivity contribution in [3.8, 4) is 0 Å². The molecule has 3 N–H and O–H groups in total. The molecule has 0 rings (SSSR count). The van der Waals surface area contributed by atoms with Gasteiger partial charge < -0.3 is 15.6 Å². The fourth-order valence-corrected chi connectivity index (χ4v) is 1.71. The summed E-state index contributed by atoms with van der Waals surface area (Å²) in [7, 11) is 0. The number of carboxylic acid groups (broad SMARTS) is 1. The molecule has 0 heterocycles. The first-order chi connectivity index (χ1) is 8.59. The Morgan fingerprint density at radius 3 is 2.37 bits per heavy atom. The third kappa shape index (κ3) is 6.13. The van der Waals surface area contributed by atoms with E-state index < -0.39 is 29.1 Å². The molecule has 0 saturated carbocycles. The van der Waals surface area contributed by atoms with Crippen molar-refractivity contribution in [1.29, 1.82) is 5.41 Å². The molecular weight excluding hydrogens is 256 g/mol. The van der Waals surface area contributed by atoms with Crippen LogP contribution in [0.2, 0.25) is 0 Å². The Labute approximate surface area is 111 Å². The Hall–Kier alpha value is -1.72. The van der Waals surface area contributed by atoms with Crippen LogP contribution in [0.3, 0.4) is 0 Å². The molecule has 0 unspecified atom stereocenters. The summed E-state index contributed by atoms with van der Waals surface area (Å²) in [5, 5.41) is 25.3. The van der Waals surface area contributed by atoms with Gasteiger partial charge in [-0.25, -0.2) is 8.78 Å². The largest absolute Gasteiger partial charge is 0.515 e. The zero-order chi connectivity index (χ0) is 15.2. The number of aliphatic hydroxyl groups excluding tert-OH is 1. The lowest BCUT2D eigenvalue weighted by atomic mass is 9.86. The maximum absolute atomic E-state index is 13.2. The molecule has 4 nitrogen and oxygen atoms in total. The summed E-state index contributed by atoms with van der Waals surface area (Å²) in [6.07, 6.45) is 0.275. The predicted octanol–water partition coefficient (Wildman–Crippen LogP) is 3.55. The van der Waals surface area contributed by atoms with Crippen LogP contribution in [-0.2, 0) is 4.79 Å². The van der Waals surface area contributed by atoms with Crippen LogP contribution in [0.4, 0.5) is 8.78 Å². The number of aliphatic hydroxyl groups is 1. The van der Waals surface area contributed by atoms with Crippen molar-refractivity contribution in [2.45, 2.75) is 39.0 Å². The van der Waals surface area contributed by atoms with E-state index in [1.165, 1.54) is 0 Å². The maximum atomic E-state index is 13.2. The predicted molar refractivity (Wildman–Crippen MR) is 68.9 cm³/mol. The molecule has 0 amide bonds. The second-order valence-electron chi connectivity index (χ2n) is 4.64. The highest BCUT2D eigenvalue weighted by Gasteiger charge is 2.34. The number of carbonyl (C=O) groups is 1. The third-order valence-corrected chi connectivity index (χ3v) is 2.60. The Bertz CT molecular complexity index is 397. The molecule has 0 spiro atoms. The van der Waals surface area contributed by atoms with E-state index in [-0.39, 0.29) is 25.5 Å². The number of hydrogen-bond donors (Lipinski definition) is 3. The average Bonchev–Trinajstić information content (AvgIpc) is 2.22. The maximum Gasteiger partial charge on any atom is 0.303 e. The monoisotopic (exact) mass is 275 g/mol. The number of aliphatic carboxylic acids is 1. The van der Waals surface area contributed by atoms with Gasteiger partial charge in [0.05, 0.1) is 11.8 Å². The van der Waals surface area contributed by atoms with Crippen LogP contribution < -0.4 is 0 Å². The molecule has 0 aliphatic rings. The highest BCUT2D eigenvalue weighted by Crippen LogP contribution is 2.29. The molecule has 6 heteroatoms. The minimum atomic E-state index is -3.34. The summed E-state index contributed by atoms with van der Waals surface area (Å²) >= 11 is 0. The number of rotatable bonds is 8. The second kappa shape index (κ2) is 7.01. The van der Waals surface area contributed by atoms with Gasteiger partial charge in [0.25, 0.3) is 5.92 Å². The van der Waals surface area contributed by atoms with Crippen molar-refractivity contribution in [3.63, 3.8) is 0 Å². The van der Waals surface area contributed by atoms with Gasteiger partial charge in [-0.3, -0.25) is 4.79 Å². The van der Waals surface area contributed by atoms with Gasteiger partial charge in [-0.2, -0.15) is 0 Å². The van der Waals surface area contributed by atoms with Gasteiger partial charge in [-0.05, 0) is 19.8 Å². The summed E-state index contributed by atoms with van der Waals surface area (Å²) < 4.78 is 26.5. The first-order valence-corrected chi connectivity index (χ1v) is 5.77. The lowest BCUT2D eigenvalue weighted by Gasteiger charge is -2.22. The van der Waals surface area contributed by atoms with Crippen LogP contribution in [0.1, 0.15) is 33.1 Å². The summed E-state index contributed by atoms with van der Waals surface area (Å²) in [5.74, 6) is -5.10. The fourth-order valence-electron chi connectivity index (χ4n) is 1.71. The van der Waals surface area contributed by atoms with Gasteiger partial charge in [0.15, 0.2) is 0 Å². The van der Waals surface area contributed by atoms with Gasteiger partial charge in [0.2, 0.25) is 0 Å². The first kappa shape index (κ1) is 17.3. The molecule has 0 saturated heterocycles. The summed E-state index contributed by atoms with van der Waals surface area (Å²) in [4.78, 5) is 10.5. The van der Waals surface area contributed by atoms with Crippen molar-refractivity contribution in [3.05, 3.63) is 24.0 Å². The molecule has 0 aromatic rings. The molecule has 0 aliphatic heterocycles. The number of carboxylic acids is 1. The highest BCUT2D eigenvalue weighted by atomic mass is 19.3. The summed E-state index contributed by atoms with van der Waals surface area (Å²) in [6.45, 7) is 5.89. The molecule has 0 fully saturated rings.